The number of ether oxygens (including phenoxy) is 1. The number of aromatic nitrogens is 1. The molecule has 70 valence electrons. The molecule has 0 saturated carbocycles. The first-order valence-electron chi connectivity index (χ1n) is 4.45. The van der Waals surface area contributed by atoms with E-state index in [2.05, 4.69) is 10.3 Å². The second-order valence-corrected chi connectivity index (χ2v) is 3.10. The summed E-state index contributed by atoms with van der Waals surface area (Å²) in [5, 5.41) is 3.08. The molecule has 1 aromatic heterocycles. The molecule has 0 spiro atoms. The Balaban J connectivity index is 1.91. The largest absolute Gasteiger partial charge is 0.408 e. The van der Waals surface area contributed by atoms with Gasteiger partial charge in [0, 0.05) is 12.3 Å². The quantitative estimate of drug-likeness (QED) is 0.658. The van der Waals surface area contributed by atoms with Gasteiger partial charge in [0.25, 0.3) is 0 Å². The molecule has 2 N–H and O–H groups in total. The zero-order valence-electron chi connectivity index (χ0n) is 7.25. The number of aromatic amines is 1. The average molecular weight is 180 g/mol. The minimum absolute atomic E-state index is 0.122. The maximum Gasteiger partial charge on any atom is 0.329 e. The third-order valence-corrected chi connectivity index (χ3v) is 2.12. The number of hydrogen-bond donors (Lipinski definition) is 2. The second-order valence-electron chi connectivity index (χ2n) is 3.10. The highest BCUT2D eigenvalue weighted by Gasteiger charge is 2.23. The summed E-state index contributed by atoms with van der Waals surface area (Å²) < 4.78 is 5.08. The van der Waals surface area contributed by atoms with Crippen molar-refractivity contribution in [2.24, 2.45) is 0 Å². The van der Waals surface area contributed by atoms with Crippen molar-refractivity contribution < 1.29 is 9.53 Å². The maximum atomic E-state index is 11.4. The van der Waals surface area contributed by atoms with Gasteiger partial charge in [-0.2, -0.15) is 0 Å². The molecule has 0 bridgehead atoms. The van der Waals surface area contributed by atoms with E-state index in [4.69, 9.17) is 4.74 Å². The second kappa shape index (κ2) is 3.62. The van der Waals surface area contributed by atoms with Crippen molar-refractivity contribution in [2.45, 2.75) is 18.9 Å². The van der Waals surface area contributed by atoms with Gasteiger partial charge in [-0.3, -0.25) is 0 Å². The molecule has 13 heavy (non-hydrogen) atoms. The lowest BCUT2D eigenvalue weighted by Gasteiger charge is -2.07. The van der Waals surface area contributed by atoms with Gasteiger partial charge in [-0.05, 0) is 25.5 Å². The number of H-pyrrole nitrogens is 1. The standard InChI is InChI=1S/C9H12N2O2/c12-9(7-3-1-5-10-7)13-8-4-2-6-11-8/h2,4,6-7,10-11H,1,3,5H2/t7-/m0/s1. The normalized spacial score (nSPS) is 21.7. The average Bonchev–Trinajstić information content (AvgIpc) is 2.74. The number of hydrogen-bond acceptors (Lipinski definition) is 3. The Bertz CT molecular complexity index is 276. The van der Waals surface area contributed by atoms with E-state index < -0.39 is 0 Å². The molecule has 1 atom stereocenters. The highest BCUT2D eigenvalue weighted by molar-refractivity contribution is 5.78. The van der Waals surface area contributed by atoms with Gasteiger partial charge in [-0.1, -0.05) is 0 Å². The predicted octanol–water partition coefficient (Wildman–Crippen LogP) is 0.672. The highest BCUT2D eigenvalue weighted by Crippen LogP contribution is 2.10. The maximum absolute atomic E-state index is 11.4. The van der Waals surface area contributed by atoms with Gasteiger partial charge in [-0.15, -0.1) is 0 Å². The van der Waals surface area contributed by atoms with Gasteiger partial charge in [0.1, 0.15) is 6.04 Å². The Morgan fingerprint density at radius 2 is 2.54 bits per heavy atom. The lowest BCUT2D eigenvalue weighted by molar-refractivity contribution is -0.136. The van der Waals surface area contributed by atoms with E-state index in [1.54, 1.807) is 18.3 Å². The van der Waals surface area contributed by atoms with E-state index in [-0.39, 0.29) is 12.0 Å². The van der Waals surface area contributed by atoms with Crippen LogP contribution in [0.1, 0.15) is 12.8 Å². The SMILES string of the molecule is O=C(Oc1ccc[nH]1)[C@@H]1CCCN1. The summed E-state index contributed by atoms with van der Waals surface area (Å²) in [4.78, 5) is 14.2. The fourth-order valence-corrected chi connectivity index (χ4v) is 1.44. The molecule has 0 aromatic carbocycles. The van der Waals surface area contributed by atoms with Crippen molar-refractivity contribution >= 4 is 5.97 Å². The number of nitrogens with one attached hydrogen (secondary N) is 2. The summed E-state index contributed by atoms with van der Waals surface area (Å²) >= 11 is 0. The minimum atomic E-state index is -0.194. The minimum Gasteiger partial charge on any atom is -0.408 e. The molecule has 0 radical (unpaired) electrons. The van der Waals surface area contributed by atoms with E-state index in [1.165, 1.54) is 0 Å². The summed E-state index contributed by atoms with van der Waals surface area (Å²) in [5.74, 6) is 0.318. The Labute approximate surface area is 76.3 Å². The van der Waals surface area contributed by atoms with Crippen LogP contribution in [-0.2, 0) is 4.79 Å². The fourth-order valence-electron chi connectivity index (χ4n) is 1.44. The van der Waals surface area contributed by atoms with Crippen LogP contribution >= 0.6 is 0 Å². The van der Waals surface area contributed by atoms with E-state index in [0.717, 1.165) is 19.4 Å². The van der Waals surface area contributed by atoms with Crippen LogP contribution in [0.25, 0.3) is 0 Å². The van der Waals surface area contributed by atoms with Crippen LogP contribution in [0.3, 0.4) is 0 Å². The molecule has 4 nitrogen and oxygen atoms in total. The van der Waals surface area contributed by atoms with Crippen LogP contribution in [0.15, 0.2) is 18.3 Å². The van der Waals surface area contributed by atoms with Crippen molar-refractivity contribution in [2.75, 3.05) is 6.54 Å². The van der Waals surface area contributed by atoms with E-state index >= 15 is 0 Å². The fraction of sp³-hybridized carbons (Fsp3) is 0.444. The number of esters is 1. The van der Waals surface area contributed by atoms with Gasteiger partial charge in [0.15, 0.2) is 0 Å². The van der Waals surface area contributed by atoms with Crippen LogP contribution < -0.4 is 10.1 Å². The summed E-state index contributed by atoms with van der Waals surface area (Å²) in [7, 11) is 0. The smallest absolute Gasteiger partial charge is 0.329 e. The van der Waals surface area contributed by atoms with Gasteiger partial charge in [0.05, 0.1) is 0 Å². The molecule has 4 heteroatoms. The van der Waals surface area contributed by atoms with E-state index in [9.17, 15) is 4.79 Å². The van der Waals surface area contributed by atoms with E-state index in [0.29, 0.717) is 5.88 Å². The first-order chi connectivity index (χ1) is 6.36. The van der Waals surface area contributed by atoms with Gasteiger partial charge in [0.2, 0.25) is 5.88 Å². The van der Waals surface area contributed by atoms with Gasteiger partial charge < -0.3 is 15.0 Å². The third kappa shape index (κ3) is 1.89. The molecular formula is C9H12N2O2. The van der Waals surface area contributed by atoms with Crippen LogP contribution in [-0.4, -0.2) is 23.5 Å². The van der Waals surface area contributed by atoms with Crippen molar-refractivity contribution in [1.82, 2.24) is 10.3 Å². The van der Waals surface area contributed by atoms with Gasteiger partial charge in [-0.25, -0.2) is 4.79 Å². The van der Waals surface area contributed by atoms with Gasteiger partial charge >= 0.3 is 5.97 Å². The summed E-state index contributed by atoms with van der Waals surface area (Å²) in [6.07, 6.45) is 3.65. The first-order valence-corrected chi connectivity index (χ1v) is 4.45. The van der Waals surface area contributed by atoms with Crippen LogP contribution in [0.4, 0.5) is 0 Å². The number of rotatable bonds is 2. The van der Waals surface area contributed by atoms with Crippen molar-refractivity contribution in [3.8, 4) is 5.88 Å². The Hall–Kier alpha value is -1.29. The molecule has 1 fully saturated rings. The predicted molar refractivity (Wildman–Crippen MR) is 47.5 cm³/mol. The Morgan fingerprint density at radius 1 is 1.62 bits per heavy atom. The monoisotopic (exact) mass is 180 g/mol. The lowest BCUT2D eigenvalue weighted by Crippen LogP contribution is -2.34. The topological polar surface area (TPSA) is 54.1 Å². The molecular weight excluding hydrogens is 168 g/mol. The summed E-state index contributed by atoms with van der Waals surface area (Å²) in [5.41, 5.74) is 0. The van der Waals surface area contributed by atoms with Crippen molar-refractivity contribution in [3.63, 3.8) is 0 Å². The molecule has 0 unspecified atom stereocenters. The molecule has 1 aliphatic rings. The molecule has 2 rings (SSSR count). The molecule has 0 aliphatic carbocycles. The van der Waals surface area contributed by atoms with Crippen LogP contribution in [0.2, 0.25) is 0 Å². The molecule has 0 amide bonds. The van der Waals surface area contributed by atoms with Crippen LogP contribution in [0.5, 0.6) is 5.88 Å². The zero-order chi connectivity index (χ0) is 9.10. The third-order valence-electron chi connectivity index (χ3n) is 2.12. The zero-order valence-corrected chi connectivity index (χ0v) is 7.25. The molecule has 1 saturated heterocycles. The summed E-state index contributed by atoms with van der Waals surface area (Å²) in [6, 6.07) is 3.40. The molecule has 1 aromatic rings. The van der Waals surface area contributed by atoms with E-state index in [1.807, 2.05) is 0 Å². The summed E-state index contributed by atoms with van der Waals surface area (Å²) in [6.45, 7) is 0.907. The van der Waals surface area contributed by atoms with Crippen molar-refractivity contribution in [3.05, 3.63) is 18.3 Å². The first kappa shape index (κ1) is 8.31. The molecule has 1 aliphatic heterocycles. The van der Waals surface area contributed by atoms with Crippen molar-refractivity contribution in [1.29, 1.82) is 0 Å². The number of carbonyl (C=O) groups excluding carboxylic acids is 1. The number of carbonyl (C=O) groups is 1. The van der Waals surface area contributed by atoms with Crippen LogP contribution in [0, 0.1) is 0 Å². The lowest BCUT2D eigenvalue weighted by atomic mass is 10.2. The Kier molecular flexibility index (Phi) is 2.31. The molecule has 2 heterocycles. The highest BCUT2D eigenvalue weighted by atomic mass is 16.5. The Morgan fingerprint density at radius 3 is 3.15 bits per heavy atom.